The molecule has 6 rings (SSSR count). The minimum absolute atomic E-state index is 0.124. The number of benzene rings is 4. The van der Waals surface area contributed by atoms with Gasteiger partial charge in [-0.2, -0.15) is 0 Å². The van der Waals surface area contributed by atoms with Crippen molar-refractivity contribution >= 4 is 53.4 Å². The van der Waals surface area contributed by atoms with Gasteiger partial charge >= 0.3 is 0 Å². The van der Waals surface area contributed by atoms with E-state index in [1.165, 1.54) is 0 Å². The molecule has 0 bridgehead atoms. The number of phenolic OH excluding ortho intramolecular Hbond substituents is 2. The molecule has 0 aliphatic carbocycles. The molecule has 4 aromatic carbocycles. The summed E-state index contributed by atoms with van der Waals surface area (Å²) in [6, 6.07) is 23.6. The fourth-order valence-electron chi connectivity index (χ4n) is 4.42. The Labute approximate surface area is 256 Å². The van der Waals surface area contributed by atoms with E-state index in [0.29, 0.717) is 33.6 Å². The molecule has 0 aliphatic heterocycles. The standard InChI is InChI=1S/2C16H12BrNO3/c2*1-21-12-6-7-13-14(8-12)15(17)9-18(16(13)20)10-2-4-11(19)5-3-10/h2*2-9,19H,1H3. The molecule has 0 spiro atoms. The van der Waals surface area contributed by atoms with E-state index in [1.807, 2.05) is 12.1 Å². The molecule has 0 fully saturated rings. The normalized spacial score (nSPS) is 10.8. The van der Waals surface area contributed by atoms with Gasteiger partial charge in [0.25, 0.3) is 11.1 Å². The fourth-order valence-corrected chi connectivity index (χ4v) is 5.49. The van der Waals surface area contributed by atoms with Crippen LogP contribution in [0.1, 0.15) is 0 Å². The summed E-state index contributed by atoms with van der Waals surface area (Å²) in [5, 5.41) is 21.5. The average Bonchev–Trinajstić information content (AvgIpc) is 3.01. The molecule has 0 atom stereocenters. The van der Waals surface area contributed by atoms with E-state index < -0.39 is 0 Å². The molecule has 0 saturated heterocycles. The first-order chi connectivity index (χ1) is 20.2. The molecule has 0 aliphatic rings. The molecule has 0 unspecified atom stereocenters. The Bertz CT molecular complexity index is 1890. The summed E-state index contributed by atoms with van der Waals surface area (Å²) in [6.45, 7) is 0. The van der Waals surface area contributed by atoms with Gasteiger partial charge in [0.1, 0.15) is 23.0 Å². The summed E-state index contributed by atoms with van der Waals surface area (Å²) in [6.07, 6.45) is 3.44. The Kier molecular flexibility index (Phi) is 8.37. The highest BCUT2D eigenvalue weighted by Crippen LogP contribution is 2.28. The Balaban J connectivity index is 0.000000168. The lowest BCUT2D eigenvalue weighted by molar-refractivity contribution is 0.415. The third-order valence-corrected chi connectivity index (χ3v) is 7.87. The minimum atomic E-state index is -0.124. The molecular formula is C32H24Br2N2O6. The maximum Gasteiger partial charge on any atom is 0.263 e. The van der Waals surface area contributed by atoms with Gasteiger partial charge in [-0.15, -0.1) is 0 Å². The van der Waals surface area contributed by atoms with Gasteiger partial charge in [0.15, 0.2) is 0 Å². The summed E-state index contributed by atoms with van der Waals surface area (Å²) in [5.41, 5.74) is 1.13. The van der Waals surface area contributed by atoms with Gasteiger partial charge in [-0.05, 0) is 117 Å². The van der Waals surface area contributed by atoms with Crippen molar-refractivity contribution in [3.63, 3.8) is 0 Å². The van der Waals surface area contributed by atoms with Gasteiger partial charge in [0, 0.05) is 54.3 Å². The number of aromatic nitrogens is 2. The van der Waals surface area contributed by atoms with E-state index in [4.69, 9.17) is 9.47 Å². The number of halogens is 2. The van der Waals surface area contributed by atoms with E-state index in [2.05, 4.69) is 31.9 Å². The molecule has 2 aromatic heterocycles. The van der Waals surface area contributed by atoms with Gasteiger partial charge in [-0.25, -0.2) is 0 Å². The smallest absolute Gasteiger partial charge is 0.263 e. The highest BCUT2D eigenvalue weighted by atomic mass is 79.9. The lowest BCUT2D eigenvalue weighted by Crippen LogP contribution is -2.18. The summed E-state index contributed by atoms with van der Waals surface area (Å²) in [5.74, 6) is 1.72. The van der Waals surface area contributed by atoms with E-state index in [1.54, 1.807) is 109 Å². The average molecular weight is 692 g/mol. The Morgan fingerprint density at radius 1 is 0.548 bits per heavy atom. The van der Waals surface area contributed by atoms with Crippen LogP contribution in [0.25, 0.3) is 32.9 Å². The van der Waals surface area contributed by atoms with Gasteiger partial charge in [0.2, 0.25) is 0 Å². The number of hydrogen-bond donors (Lipinski definition) is 2. The van der Waals surface area contributed by atoms with Crippen LogP contribution in [0.3, 0.4) is 0 Å². The fraction of sp³-hybridized carbons (Fsp3) is 0.0625. The van der Waals surface area contributed by atoms with Crippen LogP contribution >= 0.6 is 31.9 Å². The van der Waals surface area contributed by atoms with Crippen LogP contribution < -0.4 is 20.6 Å². The van der Waals surface area contributed by atoms with Gasteiger partial charge in [-0.1, -0.05) is 0 Å². The van der Waals surface area contributed by atoms with E-state index in [-0.39, 0.29) is 22.6 Å². The van der Waals surface area contributed by atoms with Crippen LogP contribution in [0.5, 0.6) is 23.0 Å². The molecule has 212 valence electrons. The van der Waals surface area contributed by atoms with Crippen LogP contribution in [0, 0.1) is 0 Å². The molecule has 0 amide bonds. The molecule has 6 aromatic rings. The zero-order valence-electron chi connectivity index (χ0n) is 22.4. The molecule has 0 radical (unpaired) electrons. The maximum absolute atomic E-state index is 12.6. The van der Waals surface area contributed by atoms with Gasteiger partial charge < -0.3 is 19.7 Å². The second-order valence-corrected chi connectivity index (χ2v) is 10.9. The molecule has 8 nitrogen and oxygen atoms in total. The quantitative estimate of drug-likeness (QED) is 0.208. The topological polar surface area (TPSA) is 103 Å². The van der Waals surface area contributed by atoms with E-state index in [9.17, 15) is 19.8 Å². The second kappa shape index (κ2) is 12.1. The van der Waals surface area contributed by atoms with Crippen LogP contribution in [-0.2, 0) is 0 Å². The first-order valence-electron chi connectivity index (χ1n) is 12.6. The number of methoxy groups -OCH3 is 2. The van der Waals surface area contributed by atoms with Crippen molar-refractivity contribution in [2.75, 3.05) is 14.2 Å². The van der Waals surface area contributed by atoms with Crippen molar-refractivity contribution in [1.82, 2.24) is 9.13 Å². The lowest BCUT2D eigenvalue weighted by atomic mass is 10.1. The first kappa shape index (κ1) is 29.0. The second-order valence-electron chi connectivity index (χ2n) is 9.16. The highest BCUT2D eigenvalue weighted by molar-refractivity contribution is 9.11. The Hall–Kier alpha value is -4.54. The first-order valence-corrected chi connectivity index (χ1v) is 14.2. The van der Waals surface area contributed by atoms with Crippen LogP contribution in [0.15, 0.2) is 116 Å². The number of rotatable bonds is 4. The van der Waals surface area contributed by atoms with Crippen LogP contribution in [-0.4, -0.2) is 33.6 Å². The number of nitrogens with zero attached hydrogens (tertiary/aromatic N) is 2. The molecule has 10 heteroatoms. The van der Waals surface area contributed by atoms with Crippen molar-refractivity contribution in [3.05, 3.63) is 127 Å². The van der Waals surface area contributed by atoms with Crippen molar-refractivity contribution in [2.45, 2.75) is 0 Å². The van der Waals surface area contributed by atoms with E-state index >= 15 is 0 Å². The number of fused-ring (bicyclic) bond motifs is 2. The number of hydrogen-bond acceptors (Lipinski definition) is 6. The monoisotopic (exact) mass is 690 g/mol. The Morgan fingerprint density at radius 3 is 1.24 bits per heavy atom. The molecular weight excluding hydrogens is 668 g/mol. The number of pyridine rings is 2. The zero-order valence-corrected chi connectivity index (χ0v) is 25.6. The predicted octanol–water partition coefficient (Wildman–Crippen LogP) is 6.93. The van der Waals surface area contributed by atoms with Crippen molar-refractivity contribution in [3.8, 4) is 34.4 Å². The van der Waals surface area contributed by atoms with Crippen LogP contribution in [0.4, 0.5) is 0 Å². The molecule has 0 saturated carbocycles. The third-order valence-electron chi connectivity index (χ3n) is 6.61. The Morgan fingerprint density at radius 2 is 0.905 bits per heavy atom. The predicted molar refractivity (Wildman–Crippen MR) is 171 cm³/mol. The van der Waals surface area contributed by atoms with Gasteiger partial charge in [0.05, 0.1) is 14.2 Å². The molecule has 2 heterocycles. The largest absolute Gasteiger partial charge is 0.508 e. The minimum Gasteiger partial charge on any atom is -0.508 e. The third kappa shape index (κ3) is 5.77. The van der Waals surface area contributed by atoms with E-state index in [0.717, 1.165) is 19.7 Å². The zero-order chi connectivity index (χ0) is 30.0. The molecule has 2 N–H and O–H groups in total. The van der Waals surface area contributed by atoms with Crippen molar-refractivity contribution < 1.29 is 19.7 Å². The van der Waals surface area contributed by atoms with Crippen LogP contribution in [0.2, 0.25) is 0 Å². The number of aromatic hydroxyl groups is 2. The lowest BCUT2D eigenvalue weighted by Gasteiger charge is -2.10. The SMILES string of the molecule is COc1ccc2c(=O)n(-c3ccc(O)cc3)cc(Br)c2c1.COc1ccc2c(=O)n(-c3ccc(O)cc3)cc(Br)c2c1. The highest BCUT2D eigenvalue weighted by Gasteiger charge is 2.11. The number of ether oxygens (including phenoxy) is 2. The van der Waals surface area contributed by atoms with Gasteiger partial charge in [-0.3, -0.25) is 18.7 Å². The van der Waals surface area contributed by atoms with Crippen molar-refractivity contribution in [1.29, 1.82) is 0 Å². The molecule has 42 heavy (non-hydrogen) atoms. The summed E-state index contributed by atoms with van der Waals surface area (Å²) in [7, 11) is 3.18. The summed E-state index contributed by atoms with van der Waals surface area (Å²) < 4.78 is 15.0. The summed E-state index contributed by atoms with van der Waals surface area (Å²) >= 11 is 6.98. The maximum atomic E-state index is 12.6. The van der Waals surface area contributed by atoms with Crippen molar-refractivity contribution in [2.24, 2.45) is 0 Å². The number of phenols is 2. The summed E-state index contributed by atoms with van der Waals surface area (Å²) in [4.78, 5) is 25.2.